The number of carbonyl (C=O) groups is 1. The highest BCUT2D eigenvalue weighted by Crippen LogP contribution is 2.40. The first kappa shape index (κ1) is 9.71. The molecule has 78 valence electrons. The third kappa shape index (κ3) is 1.98. The van der Waals surface area contributed by atoms with Crippen LogP contribution >= 0.6 is 0 Å². The molecule has 2 aliphatic heterocycles. The van der Waals surface area contributed by atoms with E-state index < -0.39 is 0 Å². The predicted molar refractivity (Wildman–Crippen MR) is 51.8 cm³/mol. The highest BCUT2D eigenvalue weighted by Gasteiger charge is 2.40. The van der Waals surface area contributed by atoms with Crippen molar-refractivity contribution in [1.29, 1.82) is 0 Å². The molecule has 0 spiro atoms. The molecular formula is C11H16O3. The van der Waals surface area contributed by atoms with E-state index in [1.165, 1.54) is 25.3 Å². The summed E-state index contributed by atoms with van der Waals surface area (Å²) in [6.45, 7) is 3.85. The highest BCUT2D eigenvalue weighted by molar-refractivity contribution is 5.81. The maximum Gasteiger partial charge on any atom is 0.330 e. The van der Waals surface area contributed by atoms with E-state index in [1.807, 2.05) is 0 Å². The minimum absolute atomic E-state index is 0.326. The van der Waals surface area contributed by atoms with Crippen molar-refractivity contribution in [2.75, 3.05) is 6.61 Å². The molecule has 3 fully saturated rings. The molecule has 0 aromatic heterocycles. The monoisotopic (exact) mass is 196 g/mol. The Morgan fingerprint density at radius 2 is 2.36 bits per heavy atom. The minimum Gasteiger partial charge on any atom is -0.463 e. The Balaban J connectivity index is 1.65. The summed E-state index contributed by atoms with van der Waals surface area (Å²) in [5.74, 6) is 0.269. The van der Waals surface area contributed by atoms with Crippen molar-refractivity contribution >= 4 is 5.97 Å². The number of ether oxygens (including phenoxy) is 2. The molecule has 14 heavy (non-hydrogen) atoms. The third-order valence-corrected chi connectivity index (χ3v) is 3.15. The van der Waals surface area contributed by atoms with E-state index in [1.54, 1.807) is 0 Å². The van der Waals surface area contributed by atoms with Gasteiger partial charge in [-0.1, -0.05) is 6.58 Å². The van der Waals surface area contributed by atoms with Crippen molar-refractivity contribution < 1.29 is 14.3 Å². The van der Waals surface area contributed by atoms with E-state index in [4.69, 9.17) is 9.47 Å². The second-order valence-corrected chi connectivity index (χ2v) is 4.03. The molecule has 2 bridgehead atoms. The summed E-state index contributed by atoms with van der Waals surface area (Å²) in [5, 5.41) is 0. The van der Waals surface area contributed by atoms with Crippen LogP contribution in [0.25, 0.3) is 0 Å². The molecule has 0 aromatic rings. The normalized spacial score (nSPS) is 34.4. The lowest BCUT2D eigenvalue weighted by Crippen LogP contribution is -2.47. The van der Waals surface area contributed by atoms with Gasteiger partial charge in [0.25, 0.3) is 0 Å². The van der Waals surface area contributed by atoms with Crippen LogP contribution < -0.4 is 0 Å². The van der Waals surface area contributed by atoms with Gasteiger partial charge in [-0.2, -0.15) is 0 Å². The molecule has 2 saturated heterocycles. The highest BCUT2D eigenvalue weighted by atomic mass is 16.5. The average molecular weight is 196 g/mol. The molecule has 3 nitrogen and oxygen atoms in total. The Kier molecular flexibility index (Phi) is 2.87. The van der Waals surface area contributed by atoms with Gasteiger partial charge in [0, 0.05) is 12.5 Å². The average Bonchev–Trinajstić information content (AvgIpc) is 2.16. The molecule has 0 amide bonds. The molecule has 1 saturated carbocycles. The summed E-state index contributed by atoms with van der Waals surface area (Å²) in [6.07, 6.45) is 6.72. The van der Waals surface area contributed by atoms with Gasteiger partial charge in [0.15, 0.2) is 0 Å². The molecular weight excluding hydrogens is 180 g/mol. The quantitative estimate of drug-likeness (QED) is 0.507. The molecule has 3 atom stereocenters. The van der Waals surface area contributed by atoms with Crippen LogP contribution in [0, 0.1) is 5.92 Å². The van der Waals surface area contributed by atoms with Gasteiger partial charge >= 0.3 is 5.97 Å². The summed E-state index contributed by atoms with van der Waals surface area (Å²) >= 11 is 0. The molecule has 2 heterocycles. The van der Waals surface area contributed by atoms with Gasteiger partial charge in [0.05, 0.1) is 18.8 Å². The van der Waals surface area contributed by atoms with Gasteiger partial charge < -0.3 is 9.47 Å². The largest absolute Gasteiger partial charge is 0.463 e. The van der Waals surface area contributed by atoms with Gasteiger partial charge in [0.2, 0.25) is 0 Å². The van der Waals surface area contributed by atoms with Crippen molar-refractivity contribution in [3.05, 3.63) is 12.7 Å². The number of carbonyl (C=O) groups excluding carboxylic acids is 1. The Morgan fingerprint density at radius 3 is 2.93 bits per heavy atom. The Hall–Kier alpha value is -0.830. The van der Waals surface area contributed by atoms with Crippen molar-refractivity contribution in [2.45, 2.75) is 37.9 Å². The summed E-state index contributed by atoms with van der Waals surface area (Å²) < 4.78 is 10.6. The first-order chi connectivity index (χ1) is 6.79. The second kappa shape index (κ2) is 4.13. The van der Waals surface area contributed by atoms with Gasteiger partial charge in [-0.05, 0) is 25.2 Å². The van der Waals surface area contributed by atoms with Crippen LogP contribution in [-0.2, 0) is 14.3 Å². The van der Waals surface area contributed by atoms with E-state index in [9.17, 15) is 4.79 Å². The summed E-state index contributed by atoms with van der Waals surface area (Å²) in [7, 11) is 0. The standard InChI is InChI=1S/C11H16O3/c1-2-11(12)13-6-5-8-3-4-9-7-10(8)14-9/h2,8-10H,1,3-7H2. The zero-order chi connectivity index (χ0) is 9.97. The van der Waals surface area contributed by atoms with E-state index in [-0.39, 0.29) is 5.97 Å². The number of esters is 1. The Bertz CT molecular complexity index is 228. The molecule has 0 N–H and O–H groups in total. The molecule has 3 rings (SSSR count). The van der Waals surface area contributed by atoms with Crippen LogP contribution in [-0.4, -0.2) is 24.8 Å². The lowest BCUT2D eigenvalue weighted by molar-refractivity contribution is -0.188. The first-order valence-electron chi connectivity index (χ1n) is 5.24. The molecule has 1 aliphatic carbocycles. The van der Waals surface area contributed by atoms with Crippen LogP contribution in [0.3, 0.4) is 0 Å². The summed E-state index contributed by atoms with van der Waals surface area (Å²) in [5.41, 5.74) is 0. The molecule has 3 aliphatic rings. The Morgan fingerprint density at radius 1 is 1.57 bits per heavy atom. The number of rotatable bonds is 4. The van der Waals surface area contributed by atoms with E-state index in [2.05, 4.69) is 6.58 Å². The van der Waals surface area contributed by atoms with Gasteiger partial charge in [0.1, 0.15) is 0 Å². The van der Waals surface area contributed by atoms with Crippen molar-refractivity contribution in [3.8, 4) is 0 Å². The maximum absolute atomic E-state index is 10.8. The van der Waals surface area contributed by atoms with Crippen LogP contribution in [0.4, 0.5) is 0 Å². The van der Waals surface area contributed by atoms with Gasteiger partial charge in [-0.25, -0.2) is 4.79 Å². The lowest BCUT2D eigenvalue weighted by Gasteiger charge is -2.46. The second-order valence-electron chi connectivity index (χ2n) is 4.03. The number of fused-ring (bicyclic) bond motifs is 2. The van der Waals surface area contributed by atoms with Crippen molar-refractivity contribution in [2.24, 2.45) is 5.92 Å². The first-order valence-corrected chi connectivity index (χ1v) is 5.24. The third-order valence-electron chi connectivity index (χ3n) is 3.15. The molecule has 0 radical (unpaired) electrons. The van der Waals surface area contributed by atoms with Gasteiger partial charge in [-0.15, -0.1) is 0 Å². The van der Waals surface area contributed by atoms with E-state index in [0.717, 1.165) is 6.42 Å². The maximum atomic E-state index is 10.8. The van der Waals surface area contributed by atoms with Crippen LogP contribution in [0.2, 0.25) is 0 Å². The fourth-order valence-electron chi connectivity index (χ4n) is 2.27. The zero-order valence-electron chi connectivity index (χ0n) is 8.28. The van der Waals surface area contributed by atoms with E-state index in [0.29, 0.717) is 24.7 Å². The fourth-order valence-corrected chi connectivity index (χ4v) is 2.27. The SMILES string of the molecule is C=CC(=O)OCCC1CCC2CC1O2. The molecule has 3 heteroatoms. The predicted octanol–water partition coefficient (Wildman–Crippen LogP) is 1.67. The van der Waals surface area contributed by atoms with Crippen molar-refractivity contribution in [1.82, 2.24) is 0 Å². The topological polar surface area (TPSA) is 35.5 Å². The van der Waals surface area contributed by atoms with Crippen LogP contribution in [0.5, 0.6) is 0 Å². The summed E-state index contributed by atoms with van der Waals surface area (Å²) in [4.78, 5) is 10.8. The molecule has 3 unspecified atom stereocenters. The fraction of sp³-hybridized carbons (Fsp3) is 0.727. The van der Waals surface area contributed by atoms with Crippen molar-refractivity contribution in [3.63, 3.8) is 0 Å². The molecule has 0 aromatic carbocycles. The number of hydrogen-bond donors (Lipinski definition) is 0. The van der Waals surface area contributed by atoms with E-state index >= 15 is 0 Å². The minimum atomic E-state index is -0.326. The lowest BCUT2D eigenvalue weighted by atomic mass is 9.78. The zero-order valence-corrected chi connectivity index (χ0v) is 8.28. The van der Waals surface area contributed by atoms with Crippen LogP contribution in [0.1, 0.15) is 25.7 Å². The van der Waals surface area contributed by atoms with Gasteiger partial charge in [-0.3, -0.25) is 0 Å². The smallest absolute Gasteiger partial charge is 0.330 e. The Labute approximate surface area is 84.1 Å². The summed E-state index contributed by atoms with van der Waals surface area (Å²) in [6, 6.07) is 0. The number of hydrogen-bond acceptors (Lipinski definition) is 3. The van der Waals surface area contributed by atoms with Crippen LogP contribution in [0.15, 0.2) is 12.7 Å².